The standard InChI is InChI=1S/C30H36N2O7/c1-30-14-13-19-18-6-4-17(33)15-16(18)3-5-20(19)21(30)7-10-24(30)39-26(35)12-11-25(34)32-22-8-9-23(38-2)27(28(22)36)29(31)37/h4,6,8-9,15,19-21,24,33,36H,3,5,7,10-14H2,1-2H3,(H2,31,37)(H,32,34)/t19?,20?,21?,24-,30-/m0/s1. The number of primary amides is 1. The van der Waals surface area contributed by atoms with E-state index in [4.69, 9.17) is 15.2 Å². The molecule has 208 valence electrons. The summed E-state index contributed by atoms with van der Waals surface area (Å²) in [5.74, 6) is -0.379. The highest BCUT2D eigenvalue weighted by atomic mass is 16.5. The van der Waals surface area contributed by atoms with Gasteiger partial charge >= 0.3 is 5.97 Å². The van der Waals surface area contributed by atoms with E-state index in [-0.39, 0.29) is 41.4 Å². The number of benzene rings is 2. The maximum absolute atomic E-state index is 12.8. The van der Waals surface area contributed by atoms with E-state index in [9.17, 15) is 24.6 Å². The minimum atomic E-state index is -0.891. The second-order valence-corrected chi connectivity index (χ2v) is 11.4. The van der Waals surface area contributed by atoms with Crippen molar-refractivity contribution in [3.8, 4) is 17.2 Å². The van der Waals surface area contributed by atoms with E-state index in [1.165, 1.54) is 30.4 Å². The van der Waals surface area contributed by atoms with Crippen LogP contribution in [0.3, 0.4) is 0 Å². The molecule has 5 rings (SSSR count). The molecule has 0 radical (unpaired) electrons. The van der Waals surface area contributed by atoms with Crippen LogP contribution in [0.5, 0.6) is 17.2 Å². The lowest BCUT2D eigenvalue weighted by Gasteiger charge is -2.50. The summed E-state index contributed by atoms with van der Waals surface area (Å²) in [6, 6.07) is 8.60. The second-order valence-electron chi connectivity index (χ2n) is 11.4. The van der Waals surface area contributed by atoms with Gasteiger partial charge in [-0.3, -0.25) is 14.4 Å². The van der Waals surface area contributed by atoms with Crippen molar-refractivity contribution in [1.82, 2.24) is 0 Å². The summed E-state index contributed by atoms with van der Waals surface area (Å²) >= 11 is 0. The number of fused-ring (bicyclic) bond motifs is 5. The number of methoxy groups -OCH3 is 1. The van der Waals surface area contributed by atoms with Gasteiger partial charge in [0.15, 0.2) is 5.75 Å². The average Bonchev–Trinajstić information content (AvgIpc) is 3.23. The van der Waals surface area contributed by atoms with Gasteiger partial charge in [-0.05, 0) is 91.7 Å². The Balaban J connectivity index is 1.18. The number of amides is 2. The van der Waals surface area contributed by atoms with Gasteiger partial charge in [-0.1, -0.05) is 13.0 Å². The van der Waals surface area contributed by atoms with E-state index in [2.05, 4.69) is 18.3 Å². The van der Waals surface area contributed by atoms with Crippen molar-refractivity contribution < 1.29 is 34.1 Å². The van der Waals surface area contributed by atoms with Crippen LogP contribution in [-0.2, 0) is 20.7 Å². The van der Waals surface area contributed by atoms with Gasteiger partial charge in [-0.25, -0.2) is 0 Å². The first-order valence-corrected chi connectivity index (χ1v) is 13.6. The molecule has 2 aromatic rings. The van der Waals surface area contributed by atoms with Crippen LogP contribution < -0.4 is 15.8 Å². The summed E-state index contributed by atoms with van der Waals surface area (Å²) in [7, 11) is 1.34. The first kappa shape index (κ1) is 26.8. The average molecular weight is 537 g/mol. The van der Waals surface area contributed by atoms with Gasteiger partial charge in [0.1, 0.15) is 23.2 Å². The molecule has 2 amide bonds. The number of hydrogen-bond donors (Lipinski definition) is 4. The lowest BCUT2D eigenvalue weighted by atomic mass is 9.55. The number of nitrogens with two attached hydrogens (primary N) is 1. The van der Waals surface area contributed by atoms with Crippen molar-refractivity contribution in [3.63, 3.8) is 0 Å². The molecule has 5 N–H and O–H groups in total. The second kappa shape index (κ2) is 10.4. The van der Waals surface area contributed by atoms with Crippen LogP contribution in [0.25, 0.3) is 0 Å². The first-order chi connectivity index (χ1) is 18.6. The number of phenolic OH excluding ortho intramolecular Hbond substituents is 1. The van der Waals surface area contributed by atoms with Crippen molar-refractivity contribution in [1.29, 1.82) is 0 Å². The minimum absolute atomic E-state index is 0.00939. The summed E-state index contributed by atoms with van der Waals surface area (Å²) in [6.07, 6.45) is 5.48. The van der Waals surface area contributed by atoms with Crippen LogP contribution in [0.1, 0.15) is 79.3 Å². The molecule has 5 atom stereocenters. The van der Waals surface area contributed by atoms with Crippen LogP contribution in [0.2, 0.25) is 0 Å². The molecule has 2 aromatic carbocycles. The van der Waals surface area contributed by atoms with Gasteiger partial charge in [-0.2, -0.15) is 0 Å². The smallest absolute Gasteiger partial charge is 0.306 e. The predicted octanol–water partition coefficient (Wildman–Crippen LogP) is 4.39. The highest BCUT2D eigenvalue weighted by Gasteiger charge is 2.56. The number of aryl methyl sites for hydroxylation is 1. The fourth-order valence-electron chi connectivity index (χ4n) is 7.44. The highest BCUT2D eigenvalue weighted by molar-refractivity contribution is 6.02. The number of rotatable bonds is 7. The molecule has 9 heteroatoms. The topological polar surface area (TPSA) is 148 Å². The fraction of sp³-hybridized carbons (Fsp3) is 0.500. The summed E-state index contributed by atoms with van der Waals surface area (Å²) in [6.45, 7) is 2.25. The van der Waals surface area contributed by atoms with E-state index in [1.54, 1.807) is 6.07 Å². The van der Waals surface area contributed by atoms with Crippen molar-refractivity contribution in [2.24, 2.45) is 23.0 Å². The molecule has 2 saturated carbocycles. The molecule has 0 bridgehead atoms. The molecule has 0 heterocycles. The van der Waals surface area contributed by atoms with Crippen molar-refractivity contribution in [3.05, 3.63) is 47.0 Å². The maximum atomic E-state index is 12.8. The normalized spacial score (nSPS) is 27.0. The van der Waals surface area contributed by atoms with Crippen molar-refractivity contribution in [2.75, 3.05) is 12.4 Å². The van der Waals surface area contributed by atoms with Crippen LogP contribution in [-0.4, -0.2) is 41.2 Å². The number of carbonyl (C=O) groups is 3. The van der Waals surface area contributed by atoms with Crippen molar-refractivity contribution >= 4 is 23.5 Å². The Morgan fingerprint density at radius 3 is 2.62 bits per heavy atom. The van der Waals surface area contributed by atoms with Crippen LogP contribution in [0.4, 0.5) is 5.69 Å². The molecular weight excluding hydrogens is 500 g/mol. The third-order valence-electron chi connectivity index (χ3n) is 9.33. The Kier molecular flexibility index (Phi) is 7.18. The first-order valence-electron chi connectivity index (χ1n) is 13.6. The molecule has 3 aliphatic carbocycles. The number of nitrogens with one attached hydrogen (secondary N) is 1. The molecule has 3 unspecified atom stereocenters. The van der Waals surface area contributed by atoms with E-state index >= 15 is 0 Å². The number of anilines is 1. The maximum Gasteiger partial charge on any atom is 0.306 e. The van der Waals surface area contributed by atoms with Crippen molar-refractivity contribution in [2.45, 2.75) is 70.3 Å². The van der Waals surface area contributed by atoms with Gasteiger partial charge in [0.2, 0.25) is 5.91 Å². The number of aromatic hydroxyl groups is 2. The molecule has 0 aliphatic heterocycles. The zero-order valence-corrected chi connectivity index (χ0v) is 22.4. The fourth-order valence-corrected chi connectivity index (χ4v) is 7.44. The van der Waals surface area contributed by atoms with Gasteiger partial charge in [-0.15, -0.1) is 0 Å². The third kappa shape index (κ3) is 4.90. The largest absolute Gasteiger partial charge is 0.508 e. The quantitative estimate of drug-likeness (QED) is 0.303. The minimum Gasteiger partial charge on any atom is -0.508 e. The van der Waals surface area contributed by atoms with Crippen LogP contribution >= 0.6 is 0 Å². The van der Waals surface area contributed by atoms with E-state index in [0.29, 0.717) is 23.5 Å². The lowest BCUT2D eigenvalue weighted by molar-refractivity contribution is -0.158. The molecular formula is C30H36N2O7. The predicted molar refractivity (Wildman–Crippen MR) is 144 cm³/mol. The van der Waals surface area contributed by atoms with Gasteiger partial charge in [0.05, 0.1) is 19.2 Å². The Bertz CT molecular complexity index is 1310. The Morgan fingerprint density at radius 2 is 1.87 bits per heavy atom. The number of esters is 1. The summed E-state index contributed by atoms with van der Waals surface area (Å²) in [5.41, 5.74) is 7.64. The van der Waals surface area contributed by atoms with E-state index in [0.717, 1.165) is 38.5 Å². The van der Waals surface area contributed by atoms with Gasteiger partial charge < -0.3 is 30.7 Å². The molecule has 0 saturated heterocycles. The van der Waals surface area contributed by atoms with Crippen LogP contribution in [0.15, 0.2) is 30.3 Å². The monoisotopic (exact) mass is 536 g/mol. The molecule has 0 aromatic heterocycles. The molecule has 9 nitrogen and oxygen atoms in total. The lowest BCUT2D eigenvalue weighted by Crippen LogP contribution is -2.45. The Hall–Kier alpha value is -3.75. The van der Waals surface area contributed by atoms with E-state index < -0.39 is 23.5 Å². The summed E-state index contributed by atoms with van der Waals surface area (Å²) in [4.78, 5) is 37.0. The van der Waals surface area contributed by atoms with Crippen LogP contribution in [0, 0.1) is 17.3 Å². The number of phenols is 2. The zero-order valence-electron chi connectivity index (χ0n) is 22.4. The van der Waals surface area contributed by atoms with E-state index in [1.807, 2.05) is 6.07 Å². The Labute approximate surface area is 227 Å². The van der Waals surface area contributed by atoms with Gasteiger partial charge in [0.25, 0.3) is 5.91 Å². The third-order valence-corrected chi connectivity index (χ3v) is 9.33. The highest BCUT2D eigenvalue weighted by Crippen LogP contribution is 2.61. The number of ether oxygens (including phenoxy) is 2. The summed E-state index contributed by atoms with van der Waals surface area (Å²) in [5, 5.41) is 22.8. The zero-order chi connectivity index (χ0) is 27.9. The van der Waals surface area contributed by atoms with Gasteiger partial charge in [0, 0.05) is 11.8 Å². The molecule has 3 aliphatic rings. The summed E-state index contributed by atoms with van der Waals surface area (Å²) < 4.78 is 11.0. The molecule has 0 spiro atoms. The number of hydrogen-bond acceptors (Lipinski definition) is 7. The number of carbonyl (C=O) groups excluding carboxylic acids is 3. The molecule has 2 fully saturated rings. The Morgan fingerprint density at radius 1 is 1.08 bits per heavy atom. The molecule has 39 heavy (non-hydrogen) atoms. The SMILES string of the molecule is COc1ccc(NC(=O)CCC(=O)O[C@H]2CCC3C4CCc5cc(O)ccc5C4CC[C@@]32C)c(O)c1C(N)=O.